The maximum atomic E-state index is 5.83. The largest absolute Gasteiger partial charge is 0.351 e. The van der Waals surface area contributed by atoms with Gasteiger partial charge in [-0.15, -0.1) is 0 Å². The molecule has 6 heteroatoms. The zero-order valence-electron chi connectivity index (χ0n) is 10.3. The van der Waals surface area contributed by atoms with Crippen molar-refractivity contribution in [2.75, 3.05) is 24.3 Å². The molecule has 0 bridgehead atoms. The summed E-state index contributed by atoms with van der Waals surface area (Å²) >= 11 is 5.83. The monoisotopic (exact) mass is 243 g/mol. The molecule has 1 unspecified atom stereocenters. The molecule has 1 aromatic heterocycles. The van der Waals surface area contributed by atoms with Crippen LogP contribution in [0.2, 0.25) is 5.28 Å². The molecule has 0 aliphatic heterocycles. The summed E-state index contributed by atoms with van der Waals surface area (Å²) in [6, 6.07) is 0.286. The Morgan fingerprint density at radius 3 is 2.25 bits per heavy atom. The summed E-state index contributed by atoms with van der Waals surface area (Å²) in [5.41, 5.74) is 0. The Bertz CT molecular complexity index is 353. The van der Waals surface area contributed by atoms with Gasteiger partial charge in [0.1, 0.15) is 0 Å². The van der Waals surface area contributed by atoms with E-state index in [-0.39, 0.29) is 11.3 Å². The lowest BCUT2D eigenvalue weighted by atomic mass is 10.1. The standard InChI is InChI=1S/C10H18ClN5/c1-6(2)7(3)12-9-13-8(11)14-10(15-9)16(4)5/h6-7H,1-5H3,(H,12,13,14,15). The first kappa shape index (κ1) is 13.0. The van der Waals surface area contributed by atoms with Gasteiger partial charge in [0.15, 0.2) is 0 Å². The van der Waals surface area contributed by atoms with Gasteiger partial charge in [0.25, 0.3) is 0 Å². The predicted octanol–water partition coefficient (Wildman–Crippen LogP) is 2.05. The van der Waals surface area contributed by atoms with Crippen molar-refractivity contribution in [3.63, 3.8) is 0 Å². The molecule has 0 spiro atoms. The Kier molecular flexibility index (Phi) is 4.29. The molecule has 0 radical (unpaired) electrons. The van der Waals surface area contributed by atoms with Crippen LogP contribution in [0.3, 0.4) is 0 Å². The summed E-state index contributed by atoms with van der Waals surface area (Å²) in [5.74, 6) is 1.57. The molecule has 90 valence electrons. The van der Waals surface area contributed by atoms with E-state index in [1.54, 1.807) is 4.90 Å². The molecule has 16 heavy (non-hydrogen) atoms. The van der Waals surface area contributed by atoms with E-state index in [1.807, 2.05) is 14.1 Å². The first-order chi connectivity index (χ1) is 7.40. The van der Waals surface area contributed by atoms with E-state index in [4.69, 9.17) is 11.6 Å². The van der Waals surface area contributed by atoms with Gasteiger partial charge in [0.2, 0.25) is 17.2 Å². The van der Waals surface area contributed by atoms with Crippen molar-refractivity contribution in [2.45, 2.75) is 26.8 Å². The molecule has 0 aliphatic carbocycles. The second-order valence-corrected chi connectivity index (χ2v) is 4.64. The zero-order valence-corrected chi connectivity index (χ0v) is 11.1. The van der Waals surface area contributed by atoms with Crippen molar-refractivity contribution in [2.24, 2.45) is 5.92 Å². The topological polar surface area (TPSA) is 53.9 Å². The normalized spacial score (nSPS) is 12.7. The Labute approximate surface area is 101 Å². The Balaban J connectivity index is 2.88. The van der Waals surface area contributed by atoms with E-state index in [0.29, 0.717) is 17.8 Å². The lowest BCUT2D eigenvalue weighted by Crippen LogP contribution is -2.24. The van der Waals surface area contributed by atoms with Crippen molar-refractivity contribution in [3.05, 3.63) is 5.28 Å². The quantitative estimate of drug-likeness (QED) is 0.877. The lowest BCUT2D eigenvalue weighted by molar-refractivity contribution is 0.556. The highest BCUT2D eigenvalue weighted by atomic mass is 35.5. The minimum Gasteiger partial charge on any atom is -0.351 e. The number of rotatable bonds is 4. The fraction of sp³-hybridized carbons (Fsp3) is 0.700. The number of nitrogens with one attached hydrogen (secondary N) is 1. The highest BCUT2D eigenvalue weighted by Crippen LogP contribution is 2.13. The number of hydrogen-bond acceptors (Lipinski definition) is 5. The molecule has 0 saturated heterocycles. The van der Waals surface area contributed by atoms with E-state index in [0.717, 1.165) is 0 Å². The van der Waals surface area contributed by atoms with Crippen LogP contribution in [0.15, 0.2) is 0 Å². The van der Waals surface area contributed by atoms with Crippen molar-refractivity contribution >= 4 is 23.5 Å². The molecule has 0 aromatic carbocycles. The van der Waals surface area contributed by atoms with Crippen LogP contribution in [0.25, 0.3) is 0 Å². The van der Waals surface area contributed by atoms with Gasteiger partial charge in [-0.25, -0.2) is 0 Å². The molecule has 1 heterocycles. The fourth-order valence-corrected chi connectivity index (χ4v) is 1.13. The first-order valence-corrected chi connectivity index (χ1v) is 5.63. The first-order valence-electron chi connectivity index (χ1n) is 5.25. The van der Waals surface area contributed by atoms with Crippen molar-refractivity contribution in [1.82, 2.24) is 15.0 Å². The van der Waals surface area contributed by atoms with Crippen LogP contribution in [-0.4, -0.2) is 35.1 Å². The van der Waals surface area contributed by atoms with E-state index in [2.05, 4.69) is 41.0 Å². The van der Waals surface area contributed by atoms with E-state index < -0.39 is 0 Å². The smallest absolute Gasteiger partial charge is 0.230 e. The number of nitrogens with zero attached hydrogens (tertiary/aromatic N) is 4. The third kappa shape index (κ3) is 3.48. The van der Waals surface area contributed by atoms with Crippen molar-refractivity contribution < 1.29 is 0 Å². The number of anilines is 2. The minimum absolute atomic E-state index is 0.206. The lowest BCUT2D eigenvalue weighted by Gasteiger charge is -2.18. The van der Waals surface area contributed by atoms with Gasteiger partial charge in [-0.2, -0.15) is 15.0 Å². The van der Waals surface area contributed by atoms with Crippen LogP contribution >= 0.6 is 11.6 Å². The Morgan fingerprint density at radius 2 is 1.75 bits per heavy atom. The van der Waals surface area contributed by atoms with E-state index >= 15 is 0 Å². The fourth-order valence-electron chi connectivity index (χ4n) is 0.974. The molecule has 0 saturated carbocycles. The Hall–Kier alpha value is -1.10. The zero-order chi connectivity index (χ0) is 12.3. The Morgan fingerprint density at radius 1 is 1.12 bits per heavy atom. The number of halogens is 1. The molecular formula is C10H18ClN5. The van der Waals surface area contributed by atoms with Crippen LogP contribution in [0.1, 0.15) is 20.8 Å². The van der Waals surface area contributed by atoms with Crippen molar-refractivity contribution in [3.8, 4) is 0 Å². The van der Waals surface area contributed by atoms with Gasteiger partial charge in [-0.3, -0.25) is 0 Å². The highest BCUT2D eigenvalue weighted by molar-refractivity contribution is 6.28. The molecule has 0 amide bonds. The van der Waals surface area contributed by atoms with Gasteiger partial charge in [0, 0.05) is 20.1 Å². The second kappa shape index (κ2) is 5.30. The molecule has 0 aliphatic rings. The third-order valence-electron chi connectivity index (χ3n) is 2.35. The molecule has 0 fully saturated rings. The molecule has 1 rings (SSSR count). The number of hydrogen-bond donors (Lipinski definition) is 1. The van der Waals surface area contributed by atoms with Crippen LogP contribution in [-0.2, 0) is 0 Å². The average Bonchev–Trinajstić information content (AvgIpc) is 2.16. The summed E-state index contributed by atoms with van der Waals surface area (Å²) in [6.07, 6.45) is 0. The van der Waals surface area contributed by atoms with Gasteiger partial charge in [-0.1, -0.05) is 13.8 Å². The summed E-state index contributed by atoms with van der Waals surface area (Å²) in [5, 5.41) is 3.41. The number of aromatic nitrogens is 3. The molecule has 1 N–H and O–H groups in total. The molecular weight excluding hydrogens is 226 g/mol. The third-order valence-corrected chi connectivity index (χ3v) is 2.52. The average molecular weight is 244 g/mol. The van der Waals surface area contributed by atoms with E-state index in [9.17, 15) is 0 Å². The molecule has 1 atom stereocenters. The van der Waals surface area contributed by atoms with E-state index in [1.165, 1.54) is 0 Å². The van der Waals surface area contributed by atoms with Crippen LogP contribution in [0, 0.1) is 5.92 Å². The summed E-state index contributed by atoms with van der Waals surface area (Å²) in [7, 11) is 3.72. The van der Waals surface area contributed by atoms with Crippen molar-refractivity contribution in [1.29, 1.82) is 0 Å². The predicted molar refractivity (Wildman–Crippen MR) is 67.1 cm³/mol. The van der Waals surface area contributed by atoms with Crippen LogP contribution in [0.5, 0.6) is 0 Å². The van der Waals surface area contributed by atoms with Gasteiger partial charge < -0.3 is 10.2 Å². The van der Waals surface area contributed by atoms with Crippen LogP contribution < -0.4 is 10.2 Å². The van der Waals surface area contributed by atoms with Gasteiger partial charge in [-0.05, 0) is 24.4 Å². The van der Waals surface area contributed by atoms with Crippen LogP contribution in [0.4, 0.5) is 11.9 Å². The maximum absolute atomic E-state index is 5.83. The second-order valence-electron chi connectivity index (χ2n) is 4.30. The molecule has 1 aromatic rings. The highest BCUT2D eigenvalue weighted by Gasteiger charge is 2.11. The summed E-state index contributed by atoms with van der Waals surface area (Å²) < 4.78 is 0. The minimum atomic E-state index is 0.206. The molecule has 5 nitrogen and oxygen atoms in total. The SMILES string of the molecule is CC(C)C(C)Nc1nc(Cl)nc(N(C)C)n1. The van der Waals surface area contributed by atoms with Gasteiger partial charge in [0.05, 0.1) is 0 Å². The maximum Gasteiger partial charge on any atom is 0.230 e. The summed E-state index contributed by atoms with van der Waals surface area (Å²) in [4.78, 5) is 14.1. The van der Waals surface area contributed by atoms with Gasteiger partial charge >= 0.3 is 0 Å². The summed E-state index contributed by atoms with van der Waals surface area (Å²) in [6.45, 7) is 6.35.